The van der Waals surface area contributed by atoms with E-state index in [9.17, 15) is 4.79 Å². The highest BCUT2D eigenvalue weighted by Crippen LogP contribution is 2.39. The van der Waals surface area contributed by atoms with Gasteiger partial charge in [-0.25, -0.2) is 0 Å². The lowest BCUT2D eigenvalue weighted by molar-refractivity contribution is -0.147. The molecule has 0 bridgehead atoms. The quantitative estimate of drug-likeness (QED) is 0.497. The molecule has 2 aliphatic rings. The van der Waals surface area contributed by atoms with Gasteiger partial charge >= 0.3 is 5.97 Å². The van der Waals surface area contributed by atoms with Crippen LogP contribution < -0.4 is 10.5 Å². The van der Waals surface area contributed by atoms with Crippen molar-refractivity contribution in [2.75, 3.05) is 12.3 Å². The van der Waals surface area contributed by atoms with E-state index in [4.69, 9.17) is 26.8 Å². The zero-order valence-electron chi connectivity index (χ0n) is 15.1. The van der Waals surface area contributed by atoms with Crippen LogP contribution in [0, 0.1) is 11.8 Å². The fourth-order valence-corrected chi connectivity index (χ4v) is 3.01. The van der Waals surface area contributed by atoms with Gasteiger partial charge in [0.2, 0.25) is 0 Å². The van der Waals surface area contributed by atoms with Crippen molar-refractivity contribution in [1.82, 2.24) is 0 Å². The summed E-state index contributed by atoms with van der Waals surface area (Å²) in [5, 5.41) is 0.441. The summed E-state index contributed by atoms with van der Waals surface area (Å²) in [7, 11) is 0. The molecule has 2 unspecified atom stereocenters. The Bertz CT molecular complexity index is 626. The maximum Gasteiger partial charge on any atom is 0.313 e. The number of rotatable bonds is 9. The SMILES string of the molecule is CCC(C)CC(C(=O)OC1CC1)c1cc(Cl)c(N)c(OCC2CC2)c1. The van der Waals surface area contributed by atoms with Gasteiger partial charge in [0.05, 0.1) is 23.2 Å². The number of ether oxygens (including phenoxy) is 2. The zero-order chi connectivity index (χ0) is 18.0. The summed E-state index contributed by atoms with van der Waals surface area (Å²) < 4.78 is 11.5. The Hall–Kier alpha value is -1.42. The lowest BCUT2D eigenvalue weighted by Crippen LogP contribution is -2.20. The van der Waals surface area contributed by atoms with Crippen molar-refractivity contribution in [1.29, 1.82) is 0 Å². The molecular weight excluding hydrogens is 338 g/mol. The number of esters is 1. The third kappa shape index (κ3) is 5.04. The fraction of sp³-hybridized carbons (Fsp3) is 0.650. The third-order valence-electron chi connectivity index (χ3n) is 5.11. The second-order valence-electron chi connectivity index (χ2n) is 7.61. The maximum absolute atomic E-state index is 12.7. The number of carbonyl (C=O) groups excluding carboxylic acids is 1. The predicted octanol–water partition coefficient (Wildman–Crippen LogP) is 4.94. The molecule has 0 saturated heterocycles. The maximum atomic E-state index is 12.7. The van der Waals surface area contributed by atoms with E-state index < -0.39 is 0 Å². The average molecular weight is 366 g/mol. The minimum absolute atomic E-state index is 0.0989. The van der Waals surface area contributed by atoms with Gasteiger partial charge < -0.3 is 15.2 Å². The van der Waals surface area contributed by atoms with Crippen molar-refractivity contribution in [3.63, 3.8) is 0 Å². The van der Waals surface area contributed by atoms with E-state index in [1.54, 1.807) is 6.07 Å². The van der Waals surface area contributed by atoms with E-state index in [-0.39, 0.29) is 18.0 Å². The van der Waals surface area contributed by atoms with Crippen molar-refractivity contribution in [3.8, 4) is 5.75 Å². The lowest BCUT2D eigenvalue weighted by atomic mass is 9.88. The third-order valence-corrected chi connectivity index (χ3v) is 5.43. The molecule has 0 radical (unpaired) electrons. The molecule has 2 N–H and O–H groups in total. The molecule has 4 nitrogen and oxygen atoms in total. The Balaban J connectivity index is 1.82. The van der Waals surface area contributed by atoms with Crippen LogP contribution in [0.3, 0.4) is 0 Å². The molecule has 0 aliphatic heterocycles. The van der Waals surface area contributed by atoms with Crippen molar-refractivity contribution in [3.05, 3.63) is 22.7 Å². The summed E-state index contributed by atoms with van der Waals surface area (Å²) in [4.78, 5) is 12.7. The summed E-state index contributed by atoms with van der Waals surface area (Å²) >= 11 is 6.33. The smallest absolute Gasteiger partial charge is 0.313 e. The van der Waals surface area contributed by atoms with Crippen LogP contribution in [0.1, 0.15) is 63.9 Å². The standard InChI is InChI=1S/C20H28ClNO3/c1-3-12(2)8-16(20(23)25-15-6-7-15)14-9-17(21)19(22)18(10-14)24-11-13-4-5-13/h9-10,12-13,15-16H,3-8,11,22H2,1-2H3. The monoisotopic (exact) mass is 365 g/mol. The number of carbonyl (C=O) groups is 1. The zero-order valence-corrected chi connectivity index (χ0v) is 15.8. The van der Waals surface area contributed by atoms with Crippen LogP contribution in [-0.2, 0) is 9.53 Å². The normalized spacial score (nSPS) is 19.3. The van der Waals surface area contributed by atoms with Gasteiger partial charge in [0.1, 0.15) is 11.9 Å². The molecule has 1 aromatic carbocycles. The number of nitrogens with two attached hydrogens (primary N) is 1. The van der Waals surface area contributed by atoms with E-state index in [1.807, 2.05) is 6.07 Å². The fourth-order valence-electron chi connectivity index (χ4n) is 2.80. The topological polar surface area (TPSA) is 61.5 Å². The summed E-state index contributed by atoms with van der Waals surface area (Å²) in [6, 6.07) is 3.67. The molecule has 2 atom stereocenters. The number of hydrogen-bond donors (Lipinski definition) is 1. The van der Waals surface area contributed by atoms with E-state index in [0.29, 0.717) is 34.9 Å². The first kappa shape index (κ1) is 18.4. The summed E-state index contributed by atoms with van der Waals surface area (Å²) in [6.07, 6.45) is 6.21. The minimum atomic E-state index is -0.322. The molecule has 3 rings (SSSR count). The number of hydrogen-bond acceptors (Lipinski definition) is 4. The van der Waals surface area contributed by atoms with Gasteiger partial charge in [0.15, 0.2) is 0 Å². The van der Waals surface area contributed by atoms with Gasteiger partial charge in [-0.15, -0.1) is 0 Å². The minimum Gasteiger partial charge on any atom is -0.491 e. The highest BCUT2D eigenvalue weighted by atomic mass is 35.5. The Morgan fingerprint density at radius 2 is 2.04 bits per heavy atom. The molecule has 25 heavy (non-hydrogen) atoms. The van der Waals surface area contributed by atoms with Crippen LogP contribution in [0.25, 0.3) is 0 Å². The van der Waals surface area contributed by atoms with Gasteiger partial charge in [0.25, 0.3) is 0 Å². The van der Waals surface area contributed by atoms with Crippen molar-refractivity contribution >= 4 is 23.3 Å². The highest BCUT2D eigenvalue weighted by molar-refractivity contribution is 6.33. The molecule has 0 spiro atoms. The number of halogens is 1. The second kappa shape index (κ2) is 7.86. The van der Waals surface area contributed by atoms with Gasteiger partial charge in [0, 0.05) is 0 Å². The van der Waals surface area contributed by atoms with Gasteiger partial charge in [-0.05, 0) is 61.6 Å². The largest absolute Gasteiger partial charge is 0.491 e. The van der Waals surface area contributed by atoms with Crippen molar-refractivity contribution in [2.24, 2.45) is 11.8 Å². The van der Waals surface area contributed by atoms with Gasteiger partial charge in [-0.2, -0.15) is 0 Å². The van der Waals surface area contributed by atoms with Gasteiger partial charge in [-0.1, -0.05) is 31.9 Å². The van der Waals surface area contributed by atoms with Gasteiger partial charge in [-0.3, -0.25) is 4.79 Å². The summed E-state index contributed by atoms with van der Waals surface area (Å²) in [5.74, 6) is 1.15. The molecule has 0 heterocycles. The van der Waals surface area contributed by atoms with E-state index in [1.165, 1.54) is 12.8 Å². The lowest BCUT2D eigenvalue weighted by Gasteiger charge is -2.21. The van der Waals surface area contributed by atoms with Crippen LogP contribution >= 0.6 is 11.6 Å². The second-order valence-corrected chi connectivity index (χ2v) is 8.01. The van der Waals surface area contributed by atoms with Crippen molar-refractivity contribution < 1.29 is 14.3 Å². The Morgan fingerprint density at radius 3 is 2.64 bits per heavy atom. The first-order chi connectivity index (χ1) is 12.0. The first-order valence-corrected chi connectivity index (χ1v) is 9.77. The van der Waals surface area contributed by atoms with Crippen LogP contribution in [0.4, 0.5) is 5.69 Å². The first-order valence-electron chi connectivity index (χ1n) is 9.40. The summed E-state index contributed by atoms with van der Waals surface area (Å²) in [6.45, 7) is 4.95. The molecule has 2 aliphatic carbocycles. The summed E-state index contributed by atoms with van der Waals surface area (Å²) in [5.41, 5.74) is 7.37. The number of anilines is 1. The predicted molar refractivity (Wildman–Crippen MR) is 100 cm³/mol. The average Bonchev–Trinajstić information content (AvgIpc) is 3.48. The molecule has 5 heteroatoms. The molecule has 1 aromatic rings. The molecule has 138 valence electrons. The van der Waals surface area contributed by atoms with E-state index >= 15 is 0 Å². The van der Waals surface area contributed by atoms with Crippen LogP contribution in [-0.4, -0.2) is 18.7 Å². The van der Waals surface area contributed by atoms with Crippen molar-refractivity contribution in [2.45, 2.75) is 64.4 Å². The molecule has 0 aromatic heterocycles. The molecule has 2 fully saturated rings. The number of benzene rings is 1. The van der Waals surface area contributed by atoms with Crippen LogP contribution in [0.5, 0.6) is 5.75 Å². The number of nitrogen functional groups attached to an aromatic ring is 1. The molecule has 0 amide bonds. The molecule has 2 saturated carbocycles. The van der Waals surface area contributed by atoms with E-state index in [0.717, 1.165) is 31.2 Å². The Kier molecular flexibility index (Phi) is 5.78. The van der Waals surface area contributed by atoms with Crippen LogP contribution in [0.2, 0.25) is 5.02 Å². The Labute approximate surface area is 155 Å². The Morgan fingerprint density at radius 1 is 1.32 bits per heavy atom. The highest BCUT2D eigenvalue weighted by Gasteiger charge is 2.32. The van der Waals surface area contributed by atoms with E-state index in [2.05, 4.69) is 13.8 Å². The van der Waals surface area contributed by atoms with Crippen LogP contribution in [0.15, 0.2) is 12.1 Å². The molecular formula is C20H28ClNO3.